The van der Waals surface area contributed by atoms with Crippen molar-refractivity contribution < 1.29 is 19.2 Å². The fraction of sp³-hybridized carbons (Fsp3) is 0.467. The second-order valence-electron chi connectivity index (χ2n) is 4.71. The first-order valence-corrected chi connectivity index (χ1v) is 7.07. The van der Waals surface area contributed by atoms with E-state index >= 15 is 0 Å². The van der Waals surface area contributed by atoms with Crippen molar-refractivity contribution in [2.75, 3.05) is 11.5 Å². The van der Waals surface area contributed by atoms with Gasteiger partial charge in [0.2, 0.25) is 5.91 Å². The van der Waals surface area contributed by atoms with Crippen molar-refractivity contribution in [3.63, 3.8) is 0 Å². The van der Waals surface area contributed by atoms with Gasteiger partial charge in [-0.3, -0.25) is 19.8 Å². The highest BCUT2D eigenvalue weighted by molar-refractivity contribution is 6.00. The highest BCUT2D eigenvalue weighted by atomic mass is 16.6. The number of para-hydroxylation sites is 1. The van der Waals surface area contributed by atoms with Crippen molar-refractivity contribution in [2.45, 2.75) is 40.2 Å². The molecule has 0 saturated heterocycles. The summed E-state index contributed by atoms with van der Waals surface area (Å²) >= 11 is 0. The van der Waals surface area contributed by atoms with Crippen LogP contribution in [0.1, 0.15) is 33.3 Å². The average Bonchev–Trinajstić information content (AvgIpc) is 2.47. The largest absolute Gasteiger partial charge is 0.464 e. The van der Waals surface area contributed by atoms with Crippen LogP contribution in [0.2, 0.25) is 0 Å². The number of amides is 1. The Bertz CT molecular complexity index is 585. The molecule has 120 valence electrons. The summed E-state index contributed by atoms with van der Waals surface area (Å²) in [5.41, 5.74) is 0.578. The van der Waals surface area contributed by atoms with Crippen LogP contribution in [0.3, 0.4) is 0 Å². The van der Waals surface area contributed by atoms with Crippen molar-refractivity contribution in [3.8, 4) is 0 Å². The smallest absolute Gasteiger partial charge is 0.328 e. The van der Waals surface area contributed by atoms with Gasteiger partial charge in [-0.25, -0.2) is 4.79 Å². The van der Waals surface area contributed by atoms with Crippen LogP contribution in [0.4, 0.5) is 11.4 Å². The third-order valence-electron chi connectivity index (χ3n) is 3.27. The molecule has 1 rings (SSSR count). The van der Waals surface area contributed by atoms with E-state index < -0.39 is 22.8 Å². The molecular formula is C15H20N2O5. The molecule has 0 spiro atoms. The standard InChI is InChI=1S/C15H20N2O5/c1-5-12-8-7-9-13(17(20)21)14(12)16(11(4)18)10(3)15(19)22-6-2/h7-10H,5-6H2,1-4H3. The molecule has 7 heteroatoms. The fourth-order valence-electron chi connectivity index (χ4n) is 2.28. The SMILES string of the molecule is CCOC(=O)C(C)N(C(C)=O)c1c(CC)cccc1[N+](=O)[O-]. The zero-order valence-corrected chi connectivity index (χ0v) is 13.2. The number of ether oxygens (including phenoxy) is 1. The van der Waals surface area contributed by atoms with Gasteiger partial charge in [-0.15, -0.1) is 0 Å². The fourth-order valence-corrected chi connectivity index (χ4v) is 2.28. The minimum absolute atomic E-state index is 0.156. The Balaban J connectivity index is 3.47. The van der Waals surface area contributed by atoms with E-state index in [-0.39, 0.29) is 18.0 Å². The maximum atomic E-state index is 12.0. The highest BCUT2D eigenvalue weighted by Crippen LogP contribution is 2.34. The van der Waals surface area contributed by atoms with E-state index in [9.17, 15) is 19.7 Å². The molecule has 1 unspecified atom stereocenters. The molecule has 7 nitrogen and oxygen atoms in total. The highest BCUT2D eigenvalue weighted by Gasteiger charge is 2.32. The monoisotopic (exact) mass is 308 g/mol. The second-order valence-corrected chi connectivity index (χ2v) is 4.71. The molecule has 0 aromatic heterocycles. The lowest BCUT2D eigenvalue weighted by Gasteiger charge is -2.28. The van der Waals surface area contributed by atoms with Gasteiger partial charge >= 0.3 is 5.97 Å². The summed E-state index contributed by atoms with van der Waals surface area (Å²) in [5, 5.41) is 11.3. The molecule has 0 aliphatic carbocycles. The van der Waals surface area contributed by atoms with E-state index in [4.69, 9.17) is 4.74 Å². The van der Waals surface area contributed by atoms with Gasteiger partial charge in [0.15, 0.2) is 0 Å². The number of rotatable bonds is 6. The summed E-state index contributed by atoms with van der Waals surface area (Å²) in [6.07, 6.45) is 0.496. The van der Waals surface area contributed by atoms with Gasteiger partial charge in [0.1, 0.15) is 11.7 Å². The summed E-state index contributed by atoms with van der Waals surface area (Å²) in [5.74, 6) is -1.05. The molecule has 22 heavy (non-hydrogen) atoms. The number of carbonyl (C=O) groups is 2. The van der Waals surface area contributed by atoms with Crippen molar-refractivity contribution >= 4 is 23.3 Å². The van der Waals surface area contributed by atoms with Crippen molar-refractivity contribution in [1.29, 1.82) is 0 Å². The third kappa shape index (κ3) is 3.60. The Morgan fingerprint density at radius 2 is 2.00 bits per heavy atom. The number of nitro groups is 1. The molecule has 0 fully saturated rings. The molecule has 0 aliphatic heterocycles. The summed E-state index contributed by atoms with van der Waals surface area (Å²) in [4.78, 5) is 35.9. The Hall–Kier alpha value is -2.44. The minimum atomic E-state index is -0.941. The molecule has 0 saturated carbocycles. The number of carbonyl (C=O) groups excluding carboxylic acids is 2. The topological polar surface area (TPSA) is 89.8 Å². The first-order valence-electron chi connectivity index (χ1n) is 7.07. The Morgan fingerprint density at radius 3 is 2.45 bits per heavy atom. The molecule has 1 aromatic rings. The van der Waals surface area contributed by atoms with Crippen LogP contribution in [0.25, 0.3) is 0 Å². The van der Waals surface area contributed by atoms with Gasteiger partial charge in [-0.1, -0.05) is 19.1 Å². The molecule has 1 amide bonds. The van der Waals surface area contributed by atoms with Crippen LogP contribution in [0.15, 0.2) is 18.2 Å². The van der Waals surface area contributed by atoms with E-state index in [1.54, 1.807) is 19.1 Å². The Morgan fingerprint density at radius 1 is 1.36 bits per heavy atom. The molecule has 0 N–H and O–H groups in total. The average molecular weight is 308 g/mol. The maximum Gasteiger partial charge on any atom is 0.328 e. The van der Waals surface area contributed by atoms with Crippen LogP contribution in [-0.4, -0.2) is 29.4 Å². The molecular weight excluding hydrogens is 288 g/mol. The molecule has 1 atom stereocenters. The number of aryl methyl sites for hydroxylation is 1. The normalized spacial score (nSPS) is 11.6. The first kappa shape index (κ1) is 17.6. The second kappa shape index (κ2) is 7.53. The number of hydrogen-bond donors (Lipinski definition) is 0. The lowest BCUT2D eigenvalue weighted by Crippen LogP contribution is -2.44. The molecule has 0 heterocycles. The van der Waals surface area contributed by atoms with Gasteiger partial charge in [-0.05, 0) is 25.8 Å². The number of hydrogen-bond acceptors (Lipinski definition) is 5. The summed E-state index contributed by atoms with van der Waals surface area (Å²) in [6.45, 7) is 6.43. The first-order chi connectivity index (χ1) is 10.3. The number of anilines is 1. The van der Waals surface area contributed by atoms with Crippen LogP contribution < -0.4 is 4.90 Å². The van der Waals surface area contributed by atoms with Gasteiger partial charge in [0.25, 0.3) is 5.69 Å². The van der Waals surface area contributed by atoms with E-state index in [1.165, 1.54) is 19.9 Å². The van der Waals surface area contributed by atoms with Crippen molar-refractivity contribution in [2.24, 2.45) is 0 Å². The predicted molar refractivity (Wildman–Crippen MR) is 81.7 cm³/mol. The molecule has 1 aromatic carbocycles. The number of benzene rings is 1. The van der Waals surface area contributed by atoms with Crippen LogP contribution in [0.5, 0.6) is 0 Å². The Kier molecular flexibility index (Phi) is 6.03. The van der Waals surface area contributed by atoms with Gasteiger partial charge in [-0.2, -0.15) is 0 Å². The van der Waals surface area contributed by atoms with Gasteiger partial charge in [0, 0.05) is 13.0 Å². The van der Waals surface area contributed by atoms with Crippen molar-refractivity contribution in [3.05, 3.63) is 33.9 Å². The van der Waals surface area contributed by atoms with E-state index in [2.05, 4.69) is 0 Å². The zero-order chi connectivity index (χ0) is 16.9. The van der Waals surface area contributed by atoms with Gasteiger partial charge < -0.3 is 4.74 Å². The number of esters is 1. The van der Waals surface area contributed by atoms with E-state index in [1.807, 2.05) is 6.92 Å². The number of nitrogens with zero attached hydrogens (tertiary/aromatic N) is 2. The lowest BCUT2D eigenvalue weighted by molar-refractivity contribution is -0.384. The van der Waals surface area contributed by atoms with Gasteiger partial charge in [0.05, 0.1) is 11.5 Å². The van der Waals surface area contributed by atoms with E-state index in [0.29, 0.717) is 12.0 Å². The van der Waals surface area contributed by atoms with Crippen LogP contribution in [-0.2, 0) is 20.7 Å². The minimum Gasteiger partial charge on any atom is -0.464 e. The van der Waals surface area contributed by atoms with Crippen molar-refractivity contribution in [1.82, 2.24) is 0 Å². The quantitative estimate of drug-likeness (QED) is 0.457. The molecule has 0 bridgehead atoms. The summed E-state index contributed by atoms with van der Waals surface area (Å²) < 4.78 is 4.93. The maximum absolute atomic E-state index is 12.0. The van der Waals surface area contributed by atoms with E-state index in [0.717, 1.165) is 4.90 Å². The number of nitro benzene ring substituents is 1. The lowest BCUT2D eigenvalue weighted by atomic mass is 10.1. The predicted octanol–water partition coefficient (Wildman–Crippen LogP) is 2.46. The van der Waals surface area contributed by atoms with Crippen LogP contribution in [0, 0.1) is 10.1 Å². The third-order valence-corrected chi connectivity index (χ3v) is 3.27. The molecule has 0 aliphatic rings. The summed E-state index contributed by atoms with van der Waals surface area (Å²) in [6, 6.07) is 3.65. The molecule has 0 radical (unpaired) electrons. The van der Waals surface area contributed by atoms with Crippen LogP contribution >= 0.6 is 0 Å². The summed E-state index contributed by atoms with van der Waals surface area (Å²) in [7, 11) is 0. The zero-order valence-electron chi connectivity index (χ0n) is 13.2. The Labute approximate surface area is 129 Å².